The number of thiophene rings is 1. The van der Waals surface area contributed by atoms with Crippen LogP contribution in [0.3, 0.4) is 0 Å². The number of nitrogen functional groups attached to an aromatic ring is 1. The highest BCUT2D eigenvalue weighted by Gasteiger charge is 2.25. The van der Waals surface area contributed by atoms with Gasteiger partial charge in [0.05, 0.1) is 11.5 Å². The van der Waals surface area contributed by atoms with Crippen molar-refractivity contribution >= 4 is 32.0 Å². The van der Waals surface area contributed by atoms with Gasteiger partial charge in [-0.15, -0.1) is 10.2 Å². The predicted molar refractivity (Wildman–Crippen MR) is 75.1 cm³/mol. The van der Waals surface area contributed by atoms with E-state index in [1.165, 1.54) is 6.33 Å². The Morgan fingerprint density at radius 3 is 2.86 bits per heavy atom. The van der Waals surface area contributed by atoms with Crippen LogP contribution in [0.25, 0.3) is 0 Å². The zero-order valence-corrected chi connectivity index (χ0v) is 12.5. The molecule has 2 rings (SSSR count). The van der Waals surface area contributed by atoms with Crippen LogP contribution in [0.5, 0.6) is 0 Å². The van der Waals surface area contributed by atoms with E-state index in [-0.39, 0.29) is 15.8 Å². The fraction of sp³-hybridized carbons (Fsp3) is 0.333. The highest BCUT2D eigenvalue weighted by Crippen LogP contribution is 2.34. The maximum atomic E-state index is 12.1. The van der Waals surface area contributed by atoms with Crippen molar-refractivity contribution in [1.82, 2.24) is 19.5 Å². The minimum Gasteiger partial charge on any atom is -0.385 e. The number of aromatic nitrogens is 3. The molecule has 0 spiro atoms. The largest absolute Gasteiger partial charge is 0.385 e. The van der Waals surface area contributed by atoms with Crippen LogP contribution in [0.2, 0.25) is 0 Å². The Morgan fingerprint density at radius 2 is 2.29 bits per heavy atom. The van der Waals surface area contributed by atoms with Gasteiger partial charge in [-0.25, -0.2) is 13.1 Å². The molecule has 114 valence electrons. The maximum absolute atomic E-state index is 12.1. The molecule has 3 N–H and O–H groups in total. The normalized spacial score (nSPS) is 11.7. The summed E-state index contributed by atoms with van der Waals surface area (Å²) in [6.07, 6.45) is 1.48. The Hall–Kier alpha value is -2.05. The number of nitrogens with two attached hydrogens (primary N) is 1. The van der Waals surface area contributed by atoms with Crippen LogP contribution in [0.15, 0.2) is 16.6 Å². The van der Waals surface area contributed by atoms with E-state index in [1.807, 2.05) is 6.92 Å². The highest BCUT2D eigenvalue weighted by molar-refractivity contribution is 7.91. The van der Waals surface area contributed by atoms with Crippen molar-refractivity contribution in [3.63, 3.8) is 0 Å². The smallest absolute Gasteiger partial charge is 0.304 e. The minimum absolute atomic E-state index is 0.0677. The summed E-state index contributed by atoms with van der Waals surface area (Å²) in [5.41, 5.74) is 5.01. The zero-order chi connectivity index (χ0) is 15.6. The van der Waals surface area contributed by atoms with Crippen LogP contribution in [-0.2, 0) is 23.1 Å². The van der Waals surface area contributed by atoms with Crippen molar-refractivity contribution in [3.8, 4) is 0 Å². The van der Waals surface area contributed by atoms with Crippen molar-refractivity contribution in [2.75, 3.05) is 5.73 Å². The van der Waals surface area contributed by atoms with E-state index in [0.717, 1.165) is 6.07 Å². The molecular formula is C9H12N6O4S2. The van der Waals surface area contributed by atoms with Crippen LogP contribution < -0.4 is 10.5 Å². The zero-order valence-electron chi connectivity index (χ0n) is 10.9. The average molecular weight is 332 g/mol. The number of nitrogens with one attached hydrogen (secondary N) is 1. The molecule has 0 aliphatic heterocycles. The lowest BCUT2D eigenvalue weighted by molar-refractivity contribution is -0.383. The second-order valence-electron chi connectivity index (χ2n) is 3.93. The molecule has 0 radical (unpaired) electrons. The molecule has 12 heteroatoms. The molecule has 10 nitrogen and oxygen atoms in total. The van der Waals surface area contributed by atoms with Gasteiger partial charge in [-0.05, 0) is 6.92 Å². The van der Waals surface area contributed by atoms with E-state index in [9.17, 15) is 18.5 Å². The lowest BCUT2D eigenvalue weighted by Gasteiger charge is -2.05. The van der Waals surface area contributed by atoms with Crippen LogP contribution >= 0.6 is 11.3 Å². The van der Waals surface area contributed by atoms with Crippen molar-refractivity contribution < 1.29 is 13.3 Å². The fourth-order valence-corrected chi connectivity index (χ4v) is 3.80. The first-order valence-corrected chi connectivity index (χ1v) is 8.05. The van der Waals surface area contributed by atoms with Gasteiger partial charge >= 0.3 is 5.69 Å². The minimum atomic E-state index is -3.89. The molecule has 0 aliphatic rings. The lowest BCUT2D eigenvalue weighted by Crippen LogP contribution is -2.24. The van der Waals surface area contributed by atoms with Crippen molar-refractivity contribution in [1.29, 1.82) is 0 Å². The Labute approximate surface area is 123 Å². The standard InChI is InChI=1S/C9H12N6O4S2/c1-2-14-5-11-13-7(14)4-12-21(18,19)8-3-6(15(16)17)9(10)20-8/h3,5,12H,2,4,10H2,1H3. The van der Waals surface area contributed by atoms with Crippen LogP contribution in [0.4, 0.5) is 10.7 Å². The molecule has 21 heavy (non-hydrogen) atoms. The summed E-state index contributed by atoms with van der Waals surface area (Å²) >= 11 is 0.640. The Morgan fingerprint density at radius 1 is 1.57 bits per heavy atom. The molecule has 0 atom stereocenters. The molecule has 0 fully saturated rings. The van der Waals surface area contributed by atoms with Crippen molar-refractivity contribution in [3.05, 3.63) is 28.3 Å². The molecule has 0 saturated carbocycles. The molecule has 2 aromatic rings. The van der Waals surface area contributed by atoms with E-state index < -0.39 is 20.6 Å². The molecule has 0 amide bonds. The van der Waals surface area contributed by atoms with Crippen molar-refractivity contribution in [2.24, 2.45) is 0 Å². The Balaban J connectivity index is 2.19. The number of nitro groups is 1. The van der Waals surface area contributed by atoms with Crippen molar-refractivity contribution in [2.45, 2.75) is 24.2 Å². The van der Waals surface area contributed by atoms with Gasteiger partial charge in [0.15, 0.2) is 5.00 Å². The Kier molecular flexibility index (Phi) is 4.20. The molecule has 0 saturated heterocycles. The topological polar surface area (TPSA) is 146 Å². The van der Waals surface area contributed by atoms with Gasteiger partial charge in [0.25, 0.3) is 10.0 Å². The summed E-state index contributed by atoms with van der Waals surface area (Å²) < 4.78 is 27.9. The van der Waals surface area contributed by atoms with Crippen LogP contribution in [0, 0.1) is 10.1 Å². The second-order valence-corrected chi connectivity index (χ2v) is 7.01. The molecule has 2 heterocycles. The van der Waals surface area contributed by atoms with E-state index >= 15 is 0 Å². The highest BCUT2D eigenvalue weighted by atomic mass is 32.2. The molecular weight excluding hydrogens is 320 g/mol. The van der Waals surface area contributed by atoms with E-state index in [1.54, 1.807) is 4.57 Å². The van der Waals surface area contributed by atoms with E-state index in [4.69, 9.17) is 5.73 Å². The fourth-order valence-electron chi connectivity index (χ4n) is 1.56. The van der Waals surface area contributed by atoms with Gasteiger partial charge in [-0.1, -0.05) is 11.3 Å². The molecule has 0 aliphatic carbocycles. The maximum Gasteiger partial charge on any atom is 0.304 e. The van der Waals surface area contributed by atoms with Gasteiger partial charge in [0.1, 0.15) is 16.4 Å². The summed E-state index contributed by atoms with van der Waals surface area (Å²) in [7, 11) is -3.89. The summed E-state index contributed by atoms with van der Waals surface area (Å²) in [4.78, 5) is 9.96. The van der Waals surface area contributed by atoms with Gasteiger partial charge in [0.2, 0.25) is 0 Å². The third kappa shape index (κ3) is 3.17. The first-order valence-electron chi connectivity index (χ1n) is 5.75. The first kappa shape index (κ1) is 15.3. The van der Waals surface area contributed by atoms with Crippen LogP contribution in [-0.4, -0.2) is 28.1 Å². The SMILES string of the molecule is CCn1cnnc1CNS(=O)(=O)c1cc([N+](=O)[O-])c(N)s1. The van der Waals surface area contributed by atoms with Gasteiger partial charge < -0.3 is 10.3 Å². The number of aryl methyl sites for hydroxylation is 1. The number of anilines is 1. The van der Waals surface area contributed by atoms with E-state index in [0.29, 0.717) is 23.7 Å². The van der Waals surface area contributed by atoms with Crippen LogP contribution in [0.1, 0.15) is 12.7 Å². The average Bonchev–Trinajstić information content (AvgIpc) is 3.02. The molecule has 0 unspecified atom stereocenters. The summed E-state index contributed by atoms with van der Waals surface area (Å²) in [6, 6.07) is 0.937. The predicted octanol–water partition coefficient (Wildman–Crippen LogP) is 0.328. The quantitative estimate of drug-likeness (QED) is 0.572. The third-order valence-electron chi connectivity index (χ3n) is 2.64. The summed E-state index contributed by atoms with van der Waals surface area (Å²) in [6.45, 7) is 2.40. The third-order valence-corrected chi connectivity index (χ3v) is 5.46. The molecule has 0 bridgehead atoms. The second kappa shape index (κ2) is 5.75. The number of rotatable bonds is 6. The summed E-state index contributed by atoms with van der Waals surface area (Å²) in [5.74, 6) is 0.445. The number of hydrogen-bond donors (Lipinski definition) is 2. The number of sulfonamides is 1. The monoisotopic (exact) mass is 332 g/mol. The van der Waals surface area contributed by atoms with Gasteiger partial charge in [-0.2, -0.15) is 0 Å². The van der Waals surface area contributed by atoms with Gasteiger partial charge in [0, 0.05) is 12.6 Å². The molecule has 0 aromatic carbocycles. The Bertz CT molecular complexity index is 765. The summed E-state index contributed by atoms with van der Waals surface area (Å²) in [5, 5.41) is 18.0. The lowest BCUT2D eigenvalue weighted by atomic mass is 10.5. The number of nitrogens with zero attached hydrogens (tertiary/aromatic N) is 4. The molecule has 2 aromatic heterocycles. The number of hydrogen-bond acceptors (Lipinski definition) is 8. The van der Waals surface area contributed by atoms with Gasteiger partial charge in [-0.3, -0.25) is 10.1 Å². The first-order chi connectivity index (χ1) is 9.85. The van der Waals surface area contributed by atoms with E-state index in [2.05, 4.69) is 14.9 Å².